The second-order valence-corrected chi connectivity index (χ2v) is 4.18. The lowest BCUT2D eigenvalue weighted by molar-refractivity contribution is 0.0793. The molecule has 4 heteroatoms. The molecule has 1 aromatic heterocycles. The molecular weight excluding hydrogens is 226 g/mol. The molecule has 0 saturated carbocycles. The maximum atomic E-state index is 12.0. The van der Waals surface area contributed by atoms with E-state index in [9.17, 15) is 4.79 Å². The molecule has 1 N–H and O–H groups in total. The van der Waals surface area contributed by atoms with Crippen LogP contribution in [-0.4, -0.2) is 35.9 Å². The van der Waals surface area contributed by atoms with Gasteiger partial charge in [0, 0.05) is 26.3 Å². The predicted octanol–water partition coefficient (Wildman–Crippen LogP) is 2.55. The Morgan fingerprint density at radius 2 is 2.33 bits per heavy atom. The summed E-state index contributed by atoms with van der Waals surface area (Å²) in [5.74, 6) is 0.772. The molecule has 0 unspecified atom stereocenters. The molecule has 1 aromatic rings. The number of nitrogens with one attached hydrogen (secondary N) is 1. The second kappa shape index (κ2) is 7.48. The molecular formula is C14H21N3O. The largest absolute Gasteiger partial charge is 0.367 e. The number of carbonyl (C=O) groups is 1. The summed E-state index contributed by atoms with van der Waals surface area (Å²) in [6.07, 6.45) is 5.48. The highest BCUT2D eigenvalue weighted by Gasteiger charge is 2.11. The fraction of sp³-hybridized carbons (Fsp3) is 0.429. The van der Waals surface area contributed by atoms with E-state index in [0.29, 0.717) is 12.1 Å². The second-order valence-electron chi connectivity index (χ2n) is 4.18. The van der Waals surface area contributed by atoms with Gasteiger partial charge in [-0.05, 0) is 18.6 Å². The molecule has 4 nitrogen and oxygen atoms in total. The standard InChI is InChI=1S/C14H21N3O/c1-4-6-10-17(3)14(18)12-7-8-13(16-11-12)15-9-5-2/h5,7-8,11H,2,4,6,9-10H2,1,3H3,(H,15,16). The summed E-state index contributed by atoms with van der Waals surface area (Å²) in [4.78, 5) is 18.0. The summed E-state index contributed by atoms with van der Waals surface area (Å²) in [6.45, 7) is 7.18. The van der Waals surface area contributed by atoms with E-state index >= 15 is 0 Å². The van der Waals surface area contributed by atoms with Crippen LogP contribution in [0.2, 0.25) is 0 Å². The number of carbonyl (C=O) groups excluding carboxylic acids is 1. The third-order valence-corrected chi connectivity index (χ3v) is 2.63. The number of pyridine rings is 1. The normalized spacial score (nSPS) is 9.89. The topological polar surface area (TPSA) is 45.2 Å². The molecule has 0 radical (unpaired) electrons. The molecule has 1 amide bonds. The van der Waals surface area contributed by atoms with Crippen molar-refractivity contribution in [3.8, 4) is 0 Å². The zero-order valence-electron chi connectivity index (χ0n) is 11.1. The highest BCUT2D eigenvalue weighted by Crippen LogP contribution is 2.07. The Balaban J connectivity index is 2.60. The van der Waals surface area contributed by atoms with Crippen molar-refractivity contribution in [2.24, 2.45) is 0 Å². The van der Waals surface area contributed by atoms with Crippen LogP contribution in [-0.2, 0) is 0 Å². The van der Waals surface area contributed by atoms with Crippen LogP contribution in [0.5, 0.6) is 0 Å². The van der Waals surface area contributed by atoms with Crippen LogP contribution >= 0.6 is 0 Å². The summed E-state index contributed by atoms with van der Waals surface area (Å²) in [6, 6.07) is 3.60. The van der Waals surface area contributed by atoms with Gasteiger partial charge in [0.2, 0.25) is 0 Å². The van der Waals surface area contributed by atoms with Crippen LogP contribution in [0, 0.1) is 0 Å². The average Bonchev–Trinajstić information content (AvgIpc) is 2.42. The molecule has 0 aliphatic heterocycles. The van der Waals surface area contributed by atoms with Gasteiger partial charge in [-0.25, -0.2) is 4.98 Å². The summed E-state index contributed by atoms with van der Waals surface area (Å²) < 4.78 is 0. The highest BCUT2D eigenvalue weighted by atomic mass is 16.2. The van der Waals surface area contributed by atoms with E-state index in [1.807, 2.05) is 13.1 Å². The Bertz CT molecular complexity index is 387. The third kappa shape index (κ3) is 4.20. The van der Waals surface area contributed by atoms with Gasteiger partial charge in [-0.15, -0.1) is 6.58 Å². The molecule has 0 saturated heterocycles. The molecule has 98 valence electrons. The molecule has 1 rings (SSSR count). The van der Waals surface area contributed by atoms with Gasteiger partial charge < -0.3 is 10.2 Å². The average molecular weight is 247 g/mol. The lowest BCUT2D eigenvalue weighted by Gasteiger charge is -2.16. The van der Waals surface area contributed by atoms with Crippen molar-refractivity contribution in [1.82, 2.24) is 9.88 Å². The van der Waals surface area contributed by atoms with E-state index in [2.05, 4.69) is 23.8 Å². The van der Waals surface area contributed by atoms with Gasteiger partial charge in [-0.2, -0.15) is 0 Å². The first-order valence-electron chi connectivity index (χ1n) is 6.25. The van der Waals surface area contributed by atoms with E-state index in [1.165, 1.54) is 0 Å². The fourth-order valence-corrected chi connectivity index (χ4v) is 1.52. The molecule has 0 fully saturated rings. The first-order valence-corrected chi connectivity index (χ1v) is 6.25. The van der Waals surface area contributed by atoms with Crippen molar-refractivity contribution < 1.29 is 4.79 Å². The lowest BCUT2D eigenvalue weighted by Crippen LogP contribution is -2.27. The number of anilines is 1. The van der Waals surface area contributed by atoms with Gasteiger partial charge in [-0.1, -0.05) is 19.4 Å². The minimum atomic E-state index is 0.0196. The summed E-state index contributed by atoms with van der Waals surface area (Å²) in [5, 5.41) is 3.07. The van der Waals surface area contributed by atoms with E-state index in [4.69, 9.17) is 0 Å². The molecule has 0 aromatic carbocycles. The number of rotatable bonds is 7. The molecule has 0 aliphatic carbocycles. The Morgan fingerprint density at radius 1 is 1.56 bits per heavy atom. The van der Waals surface area contributed by atoms with Crippen LogP contribution in [0.3, 0.4) is 0 Å². The quantitative estimate of drug-likeness (QED) is 0.753. The van der Waals surface area contributed by atoms with Crippen LogP contribution in [0.1, 0.15) is 30.1 Å². The Labute approximate surface area is 109 Å². The van der Waals surface area contributed by atoms with Gasteiger partial charge in [0.05, 0.1) is 5.56 Å². The Kier molecular flexibility index (Phi) is 5.91. The summed E-state index contributed by atoms with van der Waals surface area (Å²) >= 11 is 0. The van der Waals surface area contributed by atoms with Gasteiger partial charge >= 0.3 is 0 Å². The van der Waals surface area contributed by atoms with Crippen molar-refractivity contribution >= 4 is 11.7 Å². The van der Waals surface area contributed by atoms with E-state index in [-0.39, 0.29) is 5.91 Å². The number of aromatic nitrogens is 1. The summed E-state index contributed by atoms with van der Waals surface area (Å²) in [5.41, 5.74) is 0.623. The van der Waals surface area contributed by atoms with Crippen LogP contribution in [0.15, 0.2) is 31.0 Å². The van der Waals surface area contributed by atoms with Crippen LogP contribution in [0.4, 0.5) is 5.82 Å². The van der Waals surface area contributed by atoms with Gasteiger partial charge in [-0.3, -0.25) is 4.79 Å². The van der Waals surface area contributed by atoms with E-state index in [0.717, 1.165) is 25.2 Å². The smallest absolute Gasteiger partial charge is 0.255 e. The number of amides is 1. The van der Waals surface area contributed by atoms with Crippen molar-refractivity contribution in [2.45, 2.75) is 19.8 Å². The number of hydrogen-bond donors (Lipinski definition) is 1. The van der Waals surface area contributed by atoms with Gasteiger partial charge in [0.1, 0.15) is 5.82 Å². The fourth-order valence-electron chi connectivity index (χ4n) is 1.52. The Morgan fingerprint density at radius 3 is 2.89 bits per heavy atom. The molecule has 0 atom stereocenters. The molecule has 18 heavy (non-hydrogen) atoms. The molecule has 0 aliphatic rings. The maximum absolute atomic E-state index is 12.0. The predicted molar refractivity (Wildman–Crippen MR) is 74.8 cm³/mol. The summed E-state index contributed by atoms with van der Waals surface area (Å²) in [7, 11) is 1.82. The van der Waals surface area contributed by atoms with Crippen molar-refractivity contribution in [1.29, 1.82) is 0 Å². The lowest BCUT2D eigenvalue weighted by atomic mass is 10.2. The van der Waals surface area contributed by atoms with Crippen LogP contribution < -0.4 is 5.32 Å². The Hall–Kier alpha value is -1.84. The minimum absolute atomic E-state index is 0.0196. The third-order valence-electron chi connectivity index (χ3n) is 2.63. The van der Waals surface area contributed by atoms with E-state index < -0.39 is 0 Å². The molecule has 1 heterocycles. The first-order chi connectivity index (χ1) is 8.69. The zero-order chi connectivity index (χ0) is 13.4. The SMILES string of the molecule is C=CCNc1ccc(C(=O)N(C)CCCC)cn1. The number of nitrogens with zero attached hydrogens (tertiary/aromatic N) is 2. The van der Waals surface area contributed by atoms with Crippen molar-refractivity contribution in [2.75, 3.05) is 25.5 Å². The maximum Gasteiger partial charge on any atom is 0.255 e. The van der Waals surface area contributed by atoms with Crippen molar-refractivity contribution in [3.05, 3.63) is 36.5 Å². The molecule has 0 spiro atoms. The van der Waals surface area contributed by atoms with Crippen molar-refractivity contribution in [3.63, 3.8) is 0 Å². The minimum Gasteiger partial charge on any atom is -0.367 e. The van der Waals surface area contributed by atoms with Gasteiger partial charge in [0.25, 0.3) is 5.91 Å². The molecule has 0 bridgehead atoms. The zero-order valence-corrected chi connectivity index (χ0v) is 11.1. The number of hydrogen-bond acceptors (Lipinski definition) is 3. The van der Waals surface area contributed by atoms with Gasteiger partial charge in [0.15, 0.2) is 0 Å². The monoisotopic (exact) mass is 247 g/mol. The van der Waals surface area contributed by atoms with E-state index in [1.54, 1.807) is 23.2 Å². The first kappa shape index (κ1) is 14.2. The number of unbranched alkanes of at least 4 members (excludes halogenated alkanes) is 1. The van der Waals surface area contributed by atoms with Crippen LogP contribution in [0.25, 0.3) is 0 Å². The highest BCUT2D eigenvalue weighted by molar-refractivity contribution is 5.93.